The molecule has 0 aliphatic heterocycles. The number of rotatable bonds is 2. The van der Waals surface area contributed by atoms with Gasteiger partial charge in [-0.25, -0.2) is 4.98 Å². The van der Waals surface area contributed by atoms with Crippen molar-refractivity contribution in [3.63, 3.8) is 0 Å². The molecule has 0 radical (unpaired) electrons. The Balaban J connectivity index is 1.69. The second-order valence-electron chi connectivity index (χ2n) is 8.33. The number of imidazole rings is 1. The highest BCUT2D eigenvalue weighted by atomic mass is 15.1. The molecule has 2 aliphatic carbocycles. The number of aromatic nitrogens is 2. The average molecular weight is 331 g/mol. The summed E-state index contributed by atoms with van der Waals surface area (Å²) in [6, 6.07) is 0.716. The standard InChI is InChI=1S/C22H38N2/c1-2-8-12-16-21(17-13-9-3-1)24-19-23-18-22(24)20-14-10-6-4-5-7-11-15-20/h18-21H,1-17H2. The minimum absolute atomic E-state index is 0.716. The molecule has 2 nitrogen and oxygen atoms in total. The van der Waals surface area contributed by atoms with E-state index in [1.807, 2.05) is 0 Å². The molecule has 0 aromatic carbocycles. The van der Waals surface area contributed by atoms with Crippen molar-refractivity contribution in [2.24, 2.45) is 0 Å². The molecule has 1 heterocycles. The first kappa shape index (κ1) is 18.0. The minimum Gasteiger partial charge on any atom is -0.331 e. The number of hydrogen-bond donors (Lipinski definition) is 0. The van der Waals surface area contributed by atoms with Crippen LogP contribution in [0.15, 0.2) is 12.5 Å². The monoisotopic (exact) mass is 330 g/mol. The van der Waals surface area contributed by atoms with Crippen LogP contribution in [0.1, 0.15) is 127 Å². The molecular formula is C22H38N2. The van der Waals surface area contributed by atoms with Gasteiger partial charge >= 0.3 is 0 Å². The van der Waals surface area contributed by atoms with E-state index < -0.39 is 0 Å². The molecule has 0 bridgehead atoms. The Hall–Kier alpha value is -0.790. The summed E-state index contributed by atoms with van der Waals surface area (Å²) in [4.78, 5) is 4.61. The molecular weight excluding hydrogens is 292 g/mol. The Morgan fingerprint density at radius 3 is 1.62 bits per heavy atom. The minimum atomic E-state index is 0.716. The van der Waals surface area contributed by atoms with Gasteiger partial charge in [-0.3, -0.25) is 0 Å². The van der Waals surface area contributed by atoms with Crippen LogP contribution in [0, 0.1) is 0 Å². The molecule has 2 aliphatic rings. The van der Waals surface area contributed by atoms with Gasteiger partial charge in [-0.15, -0.1) is 0 Å². The molecule has 0 amide bonds. The predicted octanol–water partition coefficient (Wildman–Crippen LogP) is 7.17. The molecule has 0 unspecified atom stereocenters. The van der Waals surface area contributed by atoms with E-state index in [9.17, 15) is 0 Å². The maximum absolute atomic E-state index is 4.61. The van der Waals surface area contributed by atoms with Crippen molar-refractivity contribution in [1.29, 1.82) is 0 Å². The summed E-state index contributed by atoms with van der Waals surface area (Å²) in [5, 5.41) is 0. The summed E-state index contributed by atoms with van der Waals surface area (Å²) in [5.41, 5.74) is 1.57. The van der Waals surface area contributed by atoms with Gasteiger partial charge in [0.2, 0.25) is 0 Å². The quantitative estimate of drug-likeness (QED) is 0.562. The maximum Gasteiger partial charge on any atom is 0.0950 e. The Kier molecular flexibility index (Phi) is 7.70. The summed E-state index contributed by atoms with van der Waals surface area (Å²) in [5.74, 6) is 0.765. The second-order valence-corrected chi connectivity index (χ2v) is 8.33. The fourth-order valence-corrected chi connectivity index (χ4v) is 4.93. The van der Waals surface area contributed by atoms with Crippen LogP contribution in [0.5, 0.6) is 0 Å². The van der Waals surface area contributed by atoms with Crippen LogP contribution in [0.3, 0.4) is 0 Å². The van der Waals surface area contributed by atoms with Crippen molar-refractivity contribution >= 4 is 0 Å². The van der Waals surface area contributed by atoms with Crippen molar-refractivity contribution in [2.45, 2.75) is 121 Å². The van der Waals surface area contributed by atoms with Gasteiger partial charge in [-0.2, -0.15) is 0 Å². The first-order valence-corrected chi connectivity index (χ1v) is 11.0. The third-order valence-electron chi connectivity index (χ3n) is 6.44. The topological polar surface area (TPSA) is 17.8 Å². The number of hydrogen-bond acceptors (Lipinski definition) is 1. The van der Waals surface area contributed by atoms with E-state index in [0.717, 1.165) is 5.92 Å². The Labute approximate surface area is 149 Å². The van der Waals surface area contributed by atoms with Crippen molar-refractivity contribution in [2.75, 3.05) is 0 Å². The predicted molar refractivity (Wildman–Crippen MR) is 102 cm³/mol. The lowest BCUT2D eigenvalue weighted by atomic mass is 9.92. The summed E-state index contributed by atoms with van der Waals surface area (Å²) in [6.07, 6.45) is 28.6. The summed E-state index contributed by atoms with van der Waals surface area (Å²) < 4.78 is 2.62. The number of nitrogens with zero attached hydrogens (tertiary/aromatic N) is 2. The van der Waals surface area contributed by atoms with E-state index in [0.29, 0.717) is 6.04 Å². The smallest absolute Gasteiger partial charge is 0.0950 e. The van der Waals surface area contributed by atoms with Crippen molar-refractivity contribution < 1.29 is 0 Å². The molecule has 1 aromatic rings. The van der Waals surface area contributed by atoms with Crippen LogP contribution in [0.4, 0.5) is 0 Å². The van der Waals surface area contributed by atoms with Gasteiger partial charge < -0.3 is 4.57 Å². The highest BCUT2D eigenvalue weighted by Gasteiger charge is 2.21. The molecule has 1 aromatic heterocycles. The van der Waals surface area contributed by atoms with Crippen molar-refractivity contribution in [3.8, 4) is 0 Å². The Morgan fingerprint density at radius 1 is 0.625 bits per heavy atom. The van der Waals surface area contributed by atoms with Gasteiger partial charge in [0.15, 0.2) is 0 Å². The fraction of sp³-hybridized carbons (Fsp3) is 0.864. The molecule has 0 atom stereocenters. The van der Waals surface area contributed by atoms with E-state index in [2.05, 4.69) is 22.1 Å². The molecule has 2 saturated carbocycles. The SMILES string of the molecule is c1ncn(C2CCCCCCCCC2)c1C1CCCCCCCC1. The van der Waals surface area contributed by atoms with Gasteiger partial charge in [0.05, 0.1) is 6.33 Å². The third-order valence-corrected chi connectivity index (χ3v) is 6.44. The zero-order valence-corrected chi connectivity index (χ0v) is 15.7. The van der Waals surface area contributed by atoms with Crippen LogP contribution >= 0.6 is 0 Å². The van der Waals surface area contributed by atoms with Crippen LogP contribution in [0.2, 0.25) is 0 Å². The summed E-state index contributed by atoms with van der Waals surface area (Å²) >= 11 is 0. The fourth-order valence-electron chi connectivity index (χ4n) is 4.93. The van der Waals surface area contributed by atoms with Gasteiger partial charge in [0.1, 0.15) is 0 Å². The molecule has 2 fully saturated rings. The van der Waals surface area contributed by atoms with Crippen LogP contribution in [-0.2, 0) is 0 Å². The molecule has 0 spiro atoms. The van der Waals surface area contributed by atoms with E-state index >= 15 is 0 Å². The zero-order valence-electron chi connectivity index (χ0n) is 15.7. The Bertz CT molecular complexity index is 431. The van der Waals surface area contributed by atoms with Crippen LogP contribution < -0.4 is 0 Å². The molecule has 24 heavy (non-hydrogen) atoms. The second kappa shape index (κ2) is 10.3. The molecule has 2 heteroatoms. The lowest BCUT2D eigenvalue weighted by Crippen LogP contribution is -2.15. The third kappa shape index (κ3) is 5.36. The van der Waals surface area contributed by atoms with E-state index in [1.165, 1.54) is 109 Å². The van der Waals surface area contributed by atoms with E-state index in [-0.39, 0.29) is 0 Å². The highest BCUT2D eigenvalue weighted by Crippen LogP contribution is 2.34. The van der Waals surface area contributed by atoms with Crippen LogP contribution in [0.25, 0.3) is 0 Å². The molecule has 0 N–H and O–H groups in total. The Morgan fingerprint density at radius 2 is 1.08 bits per heavy atom. The largest absolute Gasteiger partial charge is 0.331 e. The first-order chi connectivity index (χ1) is 11.9. The molecule has 0 saturated heterocycles. The molecule has 3 rings (SSSR count). The lowest BCUT2D eigenvalue weighted by molar-refractivity contribution is 0.363. The van der Waals surface area contributed by atoms with Gasteiger partial charge in [0.25, 0.3) is 0 Å². The van der Waals surface area contributed by atoms with Gasteiger partial charge in [0, 0.05) is 23.9 Å². The normalized spacial score (nSPS) is 24.0. The maximum atomic E-state index is 4.61. The molecule has 136 valence electrons. The summed E-state index contributed by atoms with van der Waals surface area (Å²) in [7, 11) is 0. The van der Waals surface area contributed by atoms with E-state index in [1.54, 1.807) is 5.69 Å². The van der Waals surface area contributed by atoms with Crippen molar-refractivity contribution in [1.82, 2.24) is 9.55 Å². The van der Waals surface area contributed by atoms with E-state index in [4.69, 9.17) is 0 Å². The van der Waals surface area contributed by atoms with Gasteiger partial charge in [-0.1, -0.05) is 83.5 Å². The zero-order chi connectivity index (χ0) is 16.5. The summed E-state index contributed by atoms with van der Waals surface area (Å²) in [6.45, 7) is 0. The first-order valence-electron chi connectivity index (χ1n) is 11.0. The highest BCUT2D eigenvalue weighted by molar-refractivity contribution is 5.08. The lowest BCUT2D eigenvalue weighted by Gasteiger charge is -2.26. The van der Waals surface area contributed by atoms with Gasteiger partial charge in [-0.05, 0) is 25.7 Å². The average Bonchev–Trinajstić information content (AvgIpc) is 3.12. The van der Waals surface area contributed by atoms with Crippen molar-refractivity contribution in [3.05, 3.63) is 18.2 Å². The van der Waals surface area contributed by atoms with Crippen LogP contribution in [-0.4, -0.2) is 9.55 Å².